The monoisotopic (exact) mass is 290 g/mol. The van der Waals surface area contributed by atoms with E-state index in [0.717, 1.165) is 57.9 Å². The number of rotatable bonds is 3. The summed E-state index contributed by atoms with van der Waals surface area (Å²) >= 11 is 0. The van der Waals surface area contributed by atoms with Gasteiger partial charge < -0.3 is 14.5 Å². The number of aromatic nitrogens is 2. The standard InChI is InChI=1S/C15H22N4O2/c20-15(12-13-4-2-11-21-13)19-8-3-7-18(9-10-19)14-5-1-6-16-17-14/h1,5-6,13H,2-4,7-12H2/t13-/m0/s1. The van der Waals surface area contributed by atoms with E-state index in [4.69, 9.17) is 4.74 Å². The van der Waals surface area contributed by atoms with Gasteiger partial charge in [-0.05, 0) is 31.4 Å². The topological polar surface area (TPSA) is 58.6 Å². The molecule has 3 heterocycles. The number of carbonyl (C=O) groups excluding carboxylic acids is 1. The normalized spacial score (nSPS) is 23.1. The van der Waals surface area contributed by atoms with Crippen LogP contribution in [0.2, 0.25) is 0 Å². The van der Waals surface area contributed by atoms with Crippen molar-refractivity contribution in [1.29, 1.82) is 0 Å². The van der Waals surface area contributed by atoms with E-state index in [0.29, 0.717) is 6.42 Å². The Morgan fingerprint density at radius 2 is 2.24 bits per heavy atom. The van der Waals surface area contributed by atoms with Gasteiger partial charge in [-0.25, -0.2) is 0 Å². The fourth-order valence-electron chi connectivity index (χ4n) is 2.99. The molecule has 0 unspecified atom stereocenters. The lowest BCUT2D eigenvalue weighted by molar-refractivity contribution is -0.133. The van der Waals surface area contributed by atoms with Crippen LogP contribution in [-0.2, 0) is 9.53 Å². The van der Waals surface area contributed by atoms with Crippen molar-refractivity contribution in [2.24, 2.45) is 0 Å². The maximum atomic E-state index is 12.3. The largest absolute Gasteiger partial charge is 0.378 e. The van der Waals surface area contributed by atoms with Gasteiger partial charge in [0.2, 0.25) is 5.91 Å². The molecule has 3 rings (SSSR count). The molecule has 0 N–H and O–H groups in total. The Bertz CT molecular complexity index is 462. The fourth-order valence-corrected chi connectivity index (χ4v) is 2.99. The van der Waals surface area contributed by atoms with Crippen LogP contribution in [-0.4, -0.2) is 59.9 Å². The average Bonchev–Trinajstić information content (AvgIpc) is 2.89. The molecule has 6 nitrogen and oxygen atoms in total. The second-order valence-electron chi connectivity index (χ2n) is 5.64. The maximum absolute atomic E-state index is 12.3. The third-order valence-electron chi connectivity index (χ3n) is 4.16. The Morgan fingerprint density at radius 1 is 1.29 bits per heavy atom. The lowest BCUT2D eigenvalue weighted by Crippen LogP contribution is -2.36. The predicted octanol–water partition coefficient (Wildman–Crippen LogP) is 1.08. The fraction of sp³-hybridized carbons (Fsp3) is 0.667. The lowest BCUT2D eigenvalue weighted by atomic mass is 10.1. The van der Waals surface area contributed by atoms with Crippen molar-refractivity contribution in [3.63, 3.8) is 0 Å². The summed E-state index contributed by atoms with van der Waals surface area (Å²) in [6.45, 7) is 4.11. The number of anilines is 1. The summed E-state index contributed by atoms with van der Waals surface area (Å²) in [7, 11) is 0. The van der Waals surface area contributed by atoms with Crippen LogP contribution in [0, 0.1) is 0 Å². The first-order valence-corrected chi connectivity index (χ1v) is 7.75. The van der Waals surface area contributed by atoms with E-state index in [1.54, 1.807) is 6.20 Å². The Hall–Kier alpha value is -1.69. The van der Waals surface area contributed by atoms with Crippen molar-refractivity contribution in [1.82, 2.24) is 15.1 Å². The van der Waals surface area contributed by atoms with Gasteiger partial charge in [-0.15, -0.1) is 5.10 Å². The Kier molecular flexibility index (Phi) is 4.65. The molecule has 1 amide bonds. The molecule has 1 aromatic heterocycles. The molecule has 1 atom stereocenters. The van der Waals surface area contributed by atoms with E-state index in [9.17, 15) is 4.79 Å². The van der Waals surface area contributed by atoms with Gasteiger partial charge in [-0.3, -0.25) is 4.79 Å². The zero-order chi connectivity index (χ0) is 14.5. The minimum absolute atomic E-state index is 0.136. The highest BCUT2D eigenvalue weighted by Crippen LogP contribution is 2.18. The van der Waals surface area contributed by atoms with Gasteiger partial charge in [-0.2, -0.15) is 5.10 Å². The van der Waals surface area contributed by atoms with Crippen molar-refractivity contribution in [2.75, 3.05) is 37.7 Å². The van der Waals surface area contributed by atoms with Gasteiger partial charge in [0.1, 0.15) is 0 Å². The number of nitrogens with zero attached hydrogens (tertiary/aromatic N) is 4. The van der Waals surface area contributed by atoms with Gasteiger partial charge in [0.25, 0.3) is 0 Å². The first-order valence-electron chi connectivity index (χ1n) is 7.75. The Balaban J connectivity index is 1.54. The molecule has 0 bridgehead atoms. The van der Waals surface area contributed by atoms with E-state index in [1.807, 2.05) is 17.0 Å². The van der Waals surface area contributed by atoms with Crippen molar-refractivity contribution in [2.45, 2.75) is 31.8 Å². The Labute approximate surface area is 125 Å². The van der Waals surface area contributed by atoms with E-state index in [-0.39, 0.29) is 12.0 Å². The van der Waals surface area contributed by atoms with Gasteiger partial charge in [0.05, 0.1) is 12.5 Å². The van der Waals surface area contributed by atoms with Crippen LogP contribution >= 0.6 is 0 Å². The highest BCUT2D eigenvalue weighted by atomic mass is 16.5. The van der Waals surface area contributed by atoms with Crippen LogP contribution in [0.25, 0.3) is 0 Å². The molecule has 1 aromatic rings. The zero-order valence-corrected chi connectivity index (χ0v) is 12.3. The smallest absolute Gasteiger partial charge is 0.225 e. The van der Waals surface area contributed by atoms with Crippen LogP contribution in [0.5, 0.6) is 0 Å². The van der Waals surface area contributed by atoms with E-state index >= 15 is 0 Å². The van der Waals surface area contributed by atoms with Crippen molar-refractivity contribution >= 4 is 11.7 Å². The minimum Gasteiger partial charge on any atom is -0.378 e. The second-order valence-corrected chi connectivity index (χ2v) is 5.64. The number of hydrogen-bond donors (Lipinski definition) is 0. The Morgan fingerprint density at radius 3 is 3.00 bits per heavy atom. The first kappa shape index (κ1) is 14.3. The van der Waals surface area contributed by atoms with Crippen molar-refractivity contribution in [3.05, 3.63) is 18.3 Å². The second kappa shape index (κ2) is 6.85. The number of amides is 1. The summed E-state index contributed by atoms with van der Waals surface area (Å²) in [6, 6.07) is 3.87. The van der Waals surface area contributed by atoms with Crippen LogP contribution < -0.4 is 4.90 Å². The molecule has 2 fully saturated rings. The lowest BCUT2D eigenvalue weighted by Gasteiger charge is -2.23. The third-order valence-corrected chi connectivity index (χ3v) is 4.16. The van der Waals surface area contributed by atoms with Gasteiger partial charge >= 0.3 is 0 Å². The quantitative estimate of drug-likeness (QED) is 0.834. The number of hydrogen-bond acceptors (Lipinski definition) is 5. The van der Waals surface area contributed by atoms with E-state index in [2.05, 4.69) is 15.1 Å². The molecule has 0 radical (unpaired) electrons. The van der Waals surface area contributed by atoms with Gasteiger partial charge in [0.15, 0.2) is 5.82 Å². The highest BCUT2D eigenvalue weighted by Gasteiger charge is 2.24. The molecule has 0 saturated carbocycles. The summed E-state index contributed by atoms with van der Waals surface area (Å²) in [5.41, 5.74) is 0. The van der Waals surface area contributed by atoms with E-state index in [1.165, 1.54) is 0 Å². The summed E-state index contributed by atoms with van der Waals surface area (Å²) in [4.78, 5) is 16.5. The van der Waals surface area contributed by atoms with Crippen LogP contribution in [0.15, 0.2) is 18.3 Å². The van der Waals surface area contributed by atoms with Gasteiger partial charge in [-0.1, -0.05) is 0 Å². The summed E-state index contributed by atoms with van der Waals surface area (Å²) < 4.78 is 5.56. The maximum Gasteiger partial charge on any atom is 0.225 e. The molecule has 0 aromatic carbocycles. The molecule has 0 spiro atoms. The first-order chi connectivity index (χ1) is 10.3. The van der Waals surface area contributed by atoms with Gasteiger partial charge in [0, 0.05) is 39.0 Å². The SMILES string of the molecule is O=C(C[C@@H]1CCCO1)N1CCCN(c2cccnn2)CC1. The third kappa shape index (κ3) is 3.69. The zero-order valence-electron chi connectivity index (χ0n) is 12.3. The molecule has 21 heavy (non-hydrogen) atoms. The number of carbonyl (C=O) groups is 1. The van der Waals surface area contributed by atoms with Crippen LogP contribution in [0.3, 0.4) is 0 Å². The summed E-state index contributed by atoms with van der Waals surface area (Å²) in [5.74, 6) is 1.12. The van der Waals surface area contributed by atoms with Crippen LogP contribution in [0.4, 0.5) is 5.82 Å². The van der Waals surface area contributed by atoms with Crippen LogP contribution in [0.1, 0.15) is 25.7 Å². The predicted molar refractivity (Wildman–Crippen MR) is 79.0 cm³/mol. The average molecular weight is 290 g/mol. The minimum atomic E-state index is 0.136. The molecular formula is C15H22N4O2. The summed E-state index contributed by atoms with van der Waals surface area (Å²) in [5, 5.41) is 8.07. The molecule has 0 aliphatic carbocycles. The molecule has 114 valence electrons. The van der Waals surface area contributed by atoms with E-state index < -0.39 is 0 Å². The van der Waals surface area contributed by atoms with Crippen molar-refractivity contribution < 1.29 is 9.53 Å². The number of ether oxygens (including phenoxy) is 1. The molecule has 2 aliphatic heterocycles. The van der Waals surface area contributed by atoms with Crippen molar-refractivity contribution in [3.8, 4) is 0 Å². The summed E-state index contributed by atoms with van der Waals surface area (Å²) in [6.07, 6.45) is 5.42. The molecule has 2 aliphatic rings. The highest BCUT2D eigenvalue weighted by molar-refractivity contribution is 5.76. The molecular weight excluding hydrogens is 268 g/mol. The molecule has 6 heteroatoms. The molecule has 2 saturated heterocycles.